The molecule has 1 aliphatic rings. The highest BCUT2D eigenvalue weighted by Gasteiger charge is 2.29. The van der Waals surface area contributed by atoms with Gasteiger partial charge in [-0.3, -0.25) is 4.79 Å². The van der Waals surface area contributed by atoms with Crippen molar-refractivity contribution in [3.8, 4) is 11.5 Å². The summed E-state index contributed by atoms with van der Waals surface area (Å²) >= 11 is 0. The fourth-order valence-corrected chi connectivity index (χ4v) is 5.06. The molecule has 5 rings (SSSR count). The Bertz CT molecular complexity index is 1620. The zero-order chi connectivity index (χ0) is 23.9. The Morgan fingerprint density at radius 1 is 0.824 bits per heavy atom. The molecule has 0 radical (unpaired) electrons. The molecule has 0 saturated heterocycles. The Labute approximate surface area is 196 Å². The summed E-state index contributed by atoms with van der Waals surface area (Å²) in [5.41, 5.74) is 1.36. The molecule has 0 unspecified atom stereocenters. The van der Waals surface area contributed by atoms with E-state index in [2.05, 4.69) is 4.40 Å². The Morgan fingerprint density at radius 2 is 1.50 bits per heavy atom. The number of phenols is 1. The zero-order valence-corrected chi connectivity index (χ0v) is 18.9. The maximum Gasteiger partial charge on any atom is 0.282 e. The second-order valence-electron chi connectivity index (χ2n) is 7.74. The van der Waals surface area contributed by atoms with E-state index in [0.29, 0.717) is 27.8 Å². The number of carbonyl (C=O) groups excluding carboxylic acids is 1. The molecule has 0 amide bonds. The number of aromatic hydroxyl groups is 1. The van der Waals surface area contributed by atoms with Crippen molar-refractivity contribution in [2.75, 3.05) is 7.11 Å². The predicted octanol–water partition coefficient (Wildman–Crippen LogP) is 5.01. The number of carbonyl (C=O) groups is 1. The average Bonchev–Trinajstić information content (AvgIpc) is 2.86. The van der Waals surface area contributed by atoms with Gasteiger partial charge in [0.15, 0.2) is 5.78 Å². The molecular formula is C27H19NO5S. The third-order valence-electron chi connectivity index (χ3n) is 5.73. The Morgan fingerprint density at radius 3 is 2.24 bits per heavy atom. The summed E-state index contributed by atoms with van der Waals surface area (Å²) in [7, 11) is -2.59. The molecule has 34 heavy (non-hydrogen) atoms. The van der Waals surface area contributed by atoms with E-state index >= 15 is 0 Å². The quantitative estimate of drug-likeness (QED) is 0.453. The smallest absolute Gasteiger partial charge is 0.282 e. The SMILES string of the molecule is COc1ccc(S(=O)(=O)N=C2C=C(c3c(O)ccc4ccccc34)C(=O)c3ccccc32)cc1. The number of hydrogen-bond donors (Lipinski definition) is 1. The molecule has 0 atom stereocenters. The van der Waals surface area contributed by atoms with Crippen molar-refractivity contribution in [3.05, 3.63) is 108 Å². The standard InChI is InChI=1S/C27H19NO5S/c1-33-18-11-13-19(14-12-18)34(31,32)28-24-16-23(27(30)22-9-5-4-8-21(22)24)26-20-7-3-2-6-17(20)10-15-25(26)29/h2-16,29H,1H3. The van der Waals surface area contributed by atoms with E-state index in [9.17, 15) is 18.3 Å². The molecule has 0 aliphatic heterocycles. The third-order valence-corrected chi connectivity index (χ3v) is 7.03. The highest BCUT2D eigenvalue weighted by Crippen LogP contribution is 2.37. The van der Waals surface area contributed by atoms with E-state index in [-0.39, 0.29) is 27.7 Å². The molecule has 0 aromatic heterocycles. The van der Waals surface area contributed by atoms with Crippen LogP contribution in [0.3, 0.4) is 0 Å². The molecule has 4 aromatic carbocycles. The van der Waals surface area contributed by atoms with Gasteiger partial charge in [0.2, 0.25) is 0 Å². The molecule has 0 bridgehead atoms. The molecule has 0 heterocycles. The van der Waals surface area contributed by atoms with Gasteiger partial charge in [-0.25, -0.2) is 0 Å². The normalized spacial score (nSPS) is 14.7. The van der Waals surface area contributed by atoms with Crippen molar-refractivity contribution < 1.29 is 23.1 Å². The number of hydrogen-bond acceptors (Lipinski definition) is 5. The van der Waals surface area contributed by atoms with Crippen LogP contribution in [-0.2, 0) is 10.0 Å². The number of ketones is 1. The number of allylic oxidation sites excluding steroid dienone is 2. The molecule has 0 fully saturated rings. The number of phenolic OH excluding ortho intramolecular Hbond substituents is 1. The second kappa shape index (κ2) is 8.28. The van der Waals surface area contributed by atoms with Crippen LogP contribution in [0.25, 0.3) is 16.3 Å². The lowest BCUT2D eigenvalue weighted by Crippen LogP contribution is -2.18. The van der Waals surface area contributed by atoms with Gasteiger partial charge in [-0.2, -0.15) is 12.8 Å². The summed E-state index contributed by atoms with van der Waals surface area (Å²) in [5.74, 6) is 0.131. The molecular weight excluding hydrogens is 450 g/mol. The van der Waals surface area contributed by atoms with Crippen molar-refractivity contribution in [2.24, 2.45) is 4.40 Å². The van der Waals surface area contributed by atoms with Crippen LogP contribution >= 0.6 is 0 Å². The number of ether oxygens (including phenoxy) is 1. The van der Waals surface area contributed by atoms with E-state index in [4.69, 9.17) is 4.74 Å². The summed E-state index contributed by atoms with van der Waals surface area (Å²) < 4.78 is 35.4. The summed E-state index contributed by atoms with van der Waals surface area (Å²) in [6.07, 6.45) is 1.44. The monoisotopic (exact) mass is 469 g/mol. The number of fused-ring (bicyclic) bond motifs is 2. The first-order valence-corrected chi connectivity index (χ1v) is 11.9. The third kappa shape index (κ3) is 3.66. The largest absolute Gasteiger partial charge is 0.507 e. The highest BCUT2D eigenvalue weighted by atomic mass is 32.2. The van der Waals surface area contributed by atoms with Crippen molar-refractivity contribution in [2.45, 2.75) is 4.90 Å². The fourth-order valence-electron chi connectivity index (χ4n) is 4.06. The number of nitrogens with zero attached hydrogens (tertiary/aromatic N) is 1. The van der Waals surface area contributed by atoms with Crippen LogP contribution in [0.2, 0.25) is 0 Å². The summed E-state index contributed by atoms with van der Waals surface area (Å²) in [6.45, 7) is 0. The van der Waals surface area contributed by atoms with Gasteiger partial charge in [0.1, 0.15) is 11.5 Å². The summed E-state index contributed by atoms with van der Waals surface area (Å²) in [6, 6.07) is 23.3. The molecule has 4 aromatic rings. The van der Waals surface area contributed by atoms with Gasteiger partial charge in [-0.1, -0.05) is 54.6 Å². The lowest BCUT2D eigenvalue weighted by Gasteiger charge is -2.19. The topological polar surface area (TPSA) is 93.0 Å². The molecule has 0 saturated carbocycles. The molecule has 1 N–H and O–H groups in total. The van der Waals surface area contributed by atoms with Crippen LogP contribution < -0.4 is 4.74 Å². The fraction of sp³-hybridized carbons (Fsp3) is 0.0370. The van der Waals surface area contributed by atoms with Crippen LogP contribution in [0, 0.1) is 0 Å². The molecule has 1 aliphatic carbocycles. The zero-order valence-electron chi connectivity index (χ0n) is 18.1. The van der Waals surface area contributed by atoms with Gasteiger partial charge in [0, 0.05) is 22.3 Å². The summed E-state index contributed by atoms with van der Waals surface area (Å²) in [5, 5.41) is 12.2. The van der Waals surface area contributed by atoms with Crippen LogP contribution in [0.1, 0.15) is 21.5 Å². The molecule has 6 nitrogen and oxygen atoms in total. The average molecular weight is 470 g/mol. The molecule has 0 spiro atoms. The van der Waals surface area contributed by atoms with E-state index in [1.165, 1.54) is 31.4 Å². The predicted molar refractivity (Wildman–Crippen MR) is 131 cm³/mol. The number of methoxy groups -OCH3 is 1. The van der Waals surface area contributed by atoms with E-state index < -0.39 is 10.0 Å². The van der Waals surface area contributed by atoms with Crippen molar-refractivity contribution >= 4 is 37.9 Å². The second-order valence-corrected chi connectivity index (χ2v) is 9.34. The van der Waals surface area contributed by atoms with Gasteiger partial charge in [0.25, 0.3) is 10.0 Å². The van der Waals surface area contributed by atoms with Crippen molar-refractivity contribution in [1.29, 1.82) is 0 Å². The first-order chi connectivity index (χ1) is 16.4. The first-order valence-electron chi connectivity index (χ1n) is 10.4. The molecule has 168 valence electrons. The number of sulfonamides is 1. The highest BCUT2D eigenvalue weighted by molar-refractivity contribution is 7.90. The minimum Gasteiger partial charge on any atom is -0.507 e. The first kappa shape index (κ1) is 21.6. The van der Waals surface area contributed by atoms with Crippen LogP contribution in [-0.4, -0.2) is 32.1 Å². The lowest BCUT2D eigenvalue weighted by molar-refractivity contribution is 0.105. The van der Waals surface area contributed by atoms with Crippen LogP contribution in [0.5, 0.6) is 11.5 Å². The van der Waals surface area contributed by atoms with Crippen molar-refractivity contribution in [1.82, 2.24) is 0 Å². The minimum atomic E-state index is -4.09. The van der Waals surface area contributed by atoms with Crippen LogP contribution in [0.15, 0.2) is 100 Å². The van der Waals surface area contributed by atoms with Gasteiger partial charge < -0.3 is 9.84 Å². The maximum absolute atomic E-state index is 13.5. The van der Waals surface area contributed by atoms with Gasteiger partial charge in [0.05, 0.1) is 17.7 Å². The van der Waals surface area contributed by atoms with E-state index in [0.717, 1.165) is 5.39 Å². The van der Waals surface area contributed by atoms with Gasteiger partial charge >= 0.3 is 0 Å². The number of benzene rings is 4. The Kier molecular flexibility index (Phi) is 5.26. The Hall–Kier alpha value is -4.23. The minimum absolute atomic E-state index is 0.00172. The maximum atomic E-state index is 13.5. The lowest BCUT2D eigenvalue weighted by atomic mass is 9.84. The number of rotatable bonds is 4. The van der Waals surface area contributed by atoms with E-state index in [1.807, 2.05) is 24.3 Å². The summed E-state index contributed by atoms with van der Waals surface area (Å²) in [4.78, 5) is 13.5. The van der Waals surface area contributed by atoms with Crippen LogP contribution in [0.4, 0.5) is 0 Å². The molecule has 7 heteroatoms. The van der Waals surface area contributed by atoms with Crippen molar-refractivity contribution in [3.63, 3.8) is 0 Å². The van der Waals surface area contributed by atoms with Gasteiger partial charge in [-0.05, 0) is 47.2 Å². The van der Waals surface area contributed by atoms with Gasteiger partial charge in [-0.15, -0.1) is 0 Å². The van der Waals surface area contributed by atoms with E-state index in [1.54, 1.807) is 42.5 Å². The Balaban J connectivity index is 1.74. The number of Topliss-reactive ketones (excluding diaryl/α,β-unsaturated/α-hetero) is 1.